The topological polar surface area (TPSA) is 106 Å². The maximum absolute atomic E-state index is 10.0. The van der Waals surface area contributed by atoms with Gasteiger partial charge in [-0.2, -0.15) is 0 Å². The van der Waals surface area contributed by atoms with Gasteiger partial charge in [-0.15, -0.1) is 111 Å². The third kappa shape index (κ3) is 12.7. The van der Waals surface area contributed by atoms with Gasteiger partial charge >= 0.3 is 0 Å². The van der Waals surface area contributed by atoms with E-state index in [4.69, 9.17) is 10.1 Å². The molecule has 0 atom stereocenters. The van der Waals surface area contributed by atoms with E-state index in [1.54, 1.807) is 0 Å². The molecule has 0 spiro atoms. The molecule has 0 unspecified atom stereocenters. The minimum atomic E-state index is -0.125. The summed E-state index contributed by atoms with van der Waals surface area (Å²) in [4.78, 5) is 28.2. The first-order valence-corrected chi connectivity index (χ1v) is 28.3. The third-order valence-corrected chi connectivity index (χ3v) is 15.5. The van der Waals surface area contributed by atoms with Crippen LogP contribution in [0.5, 0.6) is 0 Å². The van der Waals surface area contributed by atoms with Crippen LogP contribution in [-0.4, -0.2) is 48.4 Å². The van der Waals surface area contributed by atoms with Crippen molar-refractivity contribution in [1.29, 1.82) is 0 Å². The quantitative estimate of drug-likeness (QED) is 0.0800. The molecule has 10 nitrogen and oxygen atoms in total. The number of carbonyl (C=O) groups is 1. The van der Waals surface area contributed by atoms with Crippen LogP contribution in [-0.2, 0) is 97.1 Å². The molecule has 1 N–H and O–H groups in total. The van der Waals surface area contributed by atoms with E-state index in [0.717, 1.165) is 56.2 Å². The Labute approximate surface area is 565 Å². The number of rotatable bonds is 2. The van der Waals surface area contributed by atoms with Gasteiger partial charge in [0.25, 0.3) is 0 Å². The number of aryl methyl sites for hydroxylation is 4. The SMILES string of the molecule is CC(=O)C=C(C)O.CCc1cn2c3ccccc3c3cc(C(C)(C)C)c[c-]c3c2n1.Cc1c[c-]c2c(c1)c1ccccc1n1ccnc21.Cc1c[c-]c2c(c1C)c1ccccc1n1ccnc21.[Ir].[Ir].[Ir].[Ir].[c-]1cccc2c1c1nccn1c1ccccc21. The Kier molecular flexibility index (Phi) is 21.0. The summed E-state index contributed by atoms with van der Waals surface area (Å²) < 4.78 is 8.60. The predicted octanol–water partition coefficient (Wildman–Crippen LogP) is 17.6. The smallest absolute Gasteiger partial charge is 0.155 e. The summed E-state index contributed by atoms with van der Waals surface area (Å²) >= 11 is 0. The fourth-order valence-corrected chi connectivity index (χ4v) is 11.4. The Morgan fingerprint density at radius 2 is 0.966 bits per heavy atom. The summed E-state index contributed by atoms with van der Waals surface area (Å²) in [6.45, 7) is 18.1. The summed E-state index contributed by atoms with van der Waals surface area (Å²) in [5, 5.41) is 22.7. The van der Waals surface area contributed by atoms with Gasteiger partial charge in [0.2, 0.25) is 0 Å². The van der Waals surface area contributed by atoms with Crippen LogP contribution in [0.2, 0.25) is 0 Å². The van der Waals surface area contributed by atoms with E-state index < -0.39 is 0 Å². The molecule has 0 saturated heterocycles. The van der Waals surface area contributed by atoms with Crippen molar-refractivity contribution in [2.45, 2.75) is 74.1 Å². The van der Waals surface area contributed by atoms with Gasteiger partial charge < -0.3 is 22.7 Å². The van der Waals surface area contributed by atoms with Gasteiger partial charge in [0.05, 0.1) is 28.3 Å². The van der Waals surface area contributed by atoms with Crippen molar-refractivity contribution in [3.8, 4) is 0 Å². The maximum Gasteiger partial charge on any atom is 0.155 e. The number of ketones is 1. The van der Waals surface area contributed by atoms with E-state index in [0.29, 0.717) is 0 Å². The number of nitrogens with zero attached hydrogens (tertiary/aromatic N) is 8. The fourth-order valence-electron chi connectivity index (χ4n) is 11.4. The molecule has 0 fully saturated rings. The second kappa shape index (κ2) is 27.8. The van der Waals surface area contributed by atoms with Gasteiger partial charge in [-0.25, -0.2) is 0 Å². The number of hydrogen-bond acceptors (Lipinski definition) is 6. The van der Waals surface area contributed by atoms with Crippen LogP contribution >= 0.6 is 0 Å². The molecule has 4 radical (unpaired) electrons. The summed E-state index contributed by atoms with van der Waals surface area (Å²) in [5.41, 5.74) is 15.1. The van der Waals surface area contributed by atoms with Gasteiger partial charge in [-0.3, -0.25) is 24.7 Å². The minimum Gasteiger partial charge on any atom is -0.512 e. The molecule has 8 aromatic heterocycles. The van der Waals surface area contributed by atoms with E-state index >= 15 is 0 Å². The molecule has 14 heteroatoms. The molecule has 450 valence electrons. The molecule has 88 heavy (non-hydrogen) atoms. The number of fused-ring (bicyclic) bond motifs is 24. The summed E-state index contributed by atoms with van der Waals surface area (Å²) in [7, 11) is 0. The van der Waals surface area contributed by atoms with Gasteiger partial charge in [0.15, 0.2) is 5.78 Å². The summed E-state index contributed by atoms with van der Waals surface area (Å²) in [6.07, 6.45) is 15.8. The number of aliphatic hydroxyl groups excluding tert-OH is 1. The number of aliphatic hydroxyl groups is 1. The standard InChI is InChI=1S/C21H21N2.C17H13N2.C16H11N2.C15H9N2.C5H8O2.4Ir/c1-5-15-13-23-19-9-7-6-8-16(19)18-12-14(21(2,3)4)10-11-17(18)20(23)22-15;1-11-7-8-14-16(12(11)2)13-5-3-4-6-15(13)19-10-9-18-17(14)19;1-11-6-7-13-14(10-11)12-4-2-3-5-15(12)18-9-8-17-16(13)18;1-2-7-13-11(5-1)12-6-3-4-8-14(12)17-10-9-16-15(13)17;1-4(6)3-5(2)7;;;;/h6-10,12-13H,5H2,1-4H3;3-7,9-10H,1-2H3;2-6,8-10H,1H3;1-6,8-10H;3,6H,1-2H3;;;;/q4*-1;;;;;. The van der Waals surface area contributed by atoms with Crippen molar-refractivity contribution in [1.82, 2.24) is 37.5 Å². The van der Waals surface area contributed by atoms with Crippen LogP contribution in [0, 0.1) is 45.0 Å². The minimum absolute atomic E-state index is 0. The first kappa shape index (κ1) is 66.4. The number of pyridine rings is 4. The summed E-state index contributed by atoms with van der Waals surface area (Å²) in [6, 6.07) is 64.2. The molecular weight excluding hydrogens is 1800 g/mol. The van der Waals surface area contributed by atoms with Crippen LogP contribution in [0.25, 0.3) is 109 Å². The Morgan fingerprint density at radius 1 is 0.523 bits per heavy atom. The monoisotopic (exact) mass is 1870 g/mol. The van der Waals surface area contributed by atoms with E-state index in [9.17, 15) is 4.79 Å². The number of benzene rings is 8. The second-order valence-electron chi connectivity index (χ2n) is 22.3. The number of aromatic nitrogens is 8. The maximum atomic E-state index is 10.0. The molecule has 0 bridgehead atoms. The van der Waals surface area contributed by atoms with E-state index in [2.05, 4.69) is 239 Å². The average Bonchev–Trinajstić information content (AvgIpc) is 1.62. The fraction of sp³-hybridized carbons (Fsp3) is 0.149. The molecule has 0 aliphatic heterocycles. The van der Waals surface area contributed by atoms with Crippen LogP contribution in [0.15, 0.2) is 201 Å². The zero-order valence-corrected chi connectivity index (χ0v) is 59.5. The van der Waals surface area contributed by atoms with Crippen LogP contribution < -0.4 is 0 Å². The van der Waals surface area contributed by atoms with Gasteiger partial charge in [0.1, 0.15) is 0 Å². The van der Waals surface area contributed by atoms with Crippen LogP contribution in [0.1, 0.15) is 69.5 Å². The van der Waals surface area contributed by atoms with Crippen molar-refractivity contribution in [2.24, 2.45) is 0 Å². The Morgan fingerprint density at radius 3 is 1.49 bits per heavy atom. The third-order valence-electron chi connectivity index (χ3n) is 15.5. The van der Waals surface area contributed by atoms with Gasteiger partial charge in [-0.05, 0) is 71.5 Å². The predicted molar refractivity (Wildman–Crippen MR) is 346 cm³/mol. The van der Waals surface area contributed by atoms with Gasteiger partial charge in [0, 0.05) is 158 Å². The first-order valence-electron chi connectivity index (χ1n) is 28.3. The molecule has 0 aliphatic carbocycles. The van der Waals surface area contributed by atoms with Crippen molar-refractivity contribution in [2.75, 3.05) is 0 Å². The Bertz CT molecular complexity index is 5170. The number of imidazole rings is 4. The van der Waals surface area contributed by atoms with Crippen LogP contribution in [0.3, 0.4) is 0 Å². The van der Waals surface area contributed by atoms with Crippen LogP contribution in [0.4, 0.5) is 0 Å². The Hall–Kier alpha value is -7.59. The molecular formula is C74H62Ir4N8O2-4. The number of hydrogen-bond donors (Lipinski definition) is 1. The molecule has 8 aromatic carbocycles. The molecule has 0 saturated carbocycles. The van der Waals surface area contributed by atoms with E-state index in [1.807, 2.05) is 55.4 Å². The number of carbonyl (C=O) groups excluding carboxylic acids is 1. The Balaban J connectivity index is 0.000000145. The van der Waals surface area contributed by atoms with Crippen molar-refractivity contribution in [3.05, 3.63) is 253 Å². The molecule has 16 rings (SSSR count). The molecule has 16 aromatic rings. The average molecular weight is 1860 g/mol. The normalized spacial score (nSPS) is 11.3. The first-order chi connectivity index (χ1) is 40.7. The number of para-hydroxylation sites is 4. The zero-order valence-electron chi connectivity index (χ0n) is 49.9. The zero-order chi connectivity index (χ0) is 58.4. The van der Waals surface area contributed by atoms with Crippen molar-refractivity contribution < 1.29 is 90.3 Å². The van der Waals surface area contributed by atoms with E-state index in [-0.39, 0.29) is 97.4 Å². The second-order valence-corrected chi connectivity index (χ2v) is 22.3. The van der Waals surface area contributed by atoms with Gasteiger partial charge in [-0.1, -0.05) is 148 Å². The molecule has 8 heterocycles. The van der Waals surface area contributed by atoms with Crippen molar-refractivity contribution >= 4 is 115 Å². The summed E-state index contributed by atoms with van der Waals surface area (Å²) in [5.74, 6) is -0.0625. The number of allylic oxidation sites excluding steroid dienone is 2. The van der Waals surface area contributed by atoms with E-state index in [1.165, 1.54) is 107 Å². The molecule has 0 aliphatic rings. The largest absolute Gasteiger partial charge is 0.512 e. The van der Waals surface area contributed by atoms with Crippen molar-refractivity contribution in [3.63, 3.8) is 0 Å². The molecule has 0 amide bonds.